The van der Waals surface area contributed by atoms with Gasteiger partial charge in [0.2, 0.25) is 10.0 Å². The number of nitrogens with zero attached hydrogens (tertiary/aromatic N) is 1. The Morgan fingerprint density at radius 2 is 2.00 bits per heavy atom. The first-order chi connectivity index (χ1) is 8.47. The minimum Gasteiger partial charge on any atom is -0.375 e. The molecule has 4 nitrogen and oxygen atoms in total. The minimum absolute atomic E-state index is 0.0571. The molecule has 1 aliphatic rings. The van der Waals surface area contributed by atoms with Gasteiger partial charge in [0.05, 0.1) is 19.0 Å². The normalized spacial score (nSPS) is 26.1. The fourth-order valence-electron chi connectivity index (χ4n) is 2.25. The van der Waals surface area contributed by atoms with E-state index in [1.54, 1.807) is 0 Å². The Labute approximate surface area is 109 Å². The molecule has 1 aromatic rings. The van der Waals surface area contributed by atoms with Crippen LogP contribution in [0.3, 0.4) is 0 Å². The van der Waals surface area contributed by atoms with Gasteiger partial charge in [0.15, 0.2) is 0 Å². The molecule has 0 radical (unpaired) electrons. The number of hydrogen-bond donors (Lipinski definition) is 0. The molecule has 0 spiro atoms. The number of hydrogen-bond acceptors (Lipinski definition) is 3. The Balaban J connectivity index is 2.04. The molecule has 0 bridgehead atoms. The highest BCUT2D eigenvalue weighted by molar-refractivity contribution is 7.88. The average Bonchev–Trinajstić information content (AvgIpc) is 2.31. The molecule has 0 saturated carbocycles. The van der Waals surface area contributed by atoms with Crippen LogP contribution in [0.4, 0.5) is 0 Å². The minimum atomic E-state index is -3.15. The second-order valence-electron chi connectivity index (χ2n) is 4.83. The van der Waals surface area contributed by atoms with Gasteiger partial charge in [0.1, 0.15) is 0 Å². The quantitative estimate of drug-likeness (QED) is 0.830. The molecular weight excluding hydrogens is 250 g/mol. The third-order valence-electron chi connectivity index (χ3n) is 3.18. The molecule has 1 fully saturated rings. The van der Waals surface area contributed by atoms with Gasteiger partial charge in [-0.05, 0) is 18.9 Å². The molecular formula is C13H19NO3S. The van der Waals surface area contributed by atoms with Gasteiger partial charge in [-0.2, -0.15) is 4.31 Å². The Morgan fingerprint density at radius 3 is 2.61 bits per heavy atom. The van der Waals surface area contributed by atoms with Crippen LogP contribution in [0.1, 0.15) is 12.5 Å². The van der Waals surface area contributed by atoms with Crippen molar-refractivity contribution < 1.29 is 13.2 Å². The molecule has 0 aromatic heterocycles. The van der Waals surface area contributed by atoms with Gasteiger partial charge < -0.3 is 4.74 Å². The van der Waals surface area contributed by atoms with Gasteiger partial charge in [-0.1, -0.05) is 30.3 Å². The van der Waals surface area contributed by atoms with Gasteiger partial charge in [0, 0.05) is 12.6 Å². The maximum Gasteiger partial charge on any atom is 0.211 e. The fraction of sp³-hybridized carbons (Fsp3) is 0.538. The first-order valence-electron chi connectivity index (χ1n) is 6.09. The molecule has 1 heterocycles. The zero-order valence-corrected chi connectivity index (χ0v) is 11.6. The SMILES string of the molecule is CC1COC(Cc2ccccc2)CN1S(C)(=O)=O. The lowest BCUT2D eigenvalue weighted by atomic mass is 10.1. The lowest BCUT2D eigenvalue weighted by Gasteiger charge is -2.36. The number of sulfonamides is 1. The topological polar surface area (TPSA) is 46.6 Å². The van der Waals surface area contributed by atoms with E-state index in [0.717, 1.165) is 6.42 Å². The van der Waals surface area contributed by atoms with Gasteiger partial charge in [0.25, 0.3) is 0 Å². The number of benzene rings is 1. The molecule has 0 amide bonds. The van der Waals surface area contributed by atoms with Crippen LogP contribution < -0.4 is 0 Å². The summed E-state index contributed by atoms with van der Waals surface area (Å²) in [6, 6.07) is 9.92. The summed E-state index contributed by atoms with van der Waals surface area (Å²) < 4.78 is 30.6. The van der Waals surface area contributed by atoms with Crippen LogP contribution in [-0.4, -0.2) is 44.3 Å². The third-order valence-corrected chi connectivity index (χ3v) is 4.54. The van der Waals surface area contributed by atoms with Crippen LogP contribution >= 0.6 is 0 Å². The van der Waals surface area contributed by atoms with Crippen molar-refractivity contribution in [3.8, 4) is 0 Å². The molecule has 0 N–H and O–H groups in total. The van der Waals surface area contributed by atoms with Crippen LogP contribution in [0.15, 0.2) is 30.3 Å². The van der Waals surface area contributed by atoms with E-state index in [0.29, 0.717) is 13.2 Å². The van der Waals surface area contributed by atoms with Crippen molar-refractivity contribution in [3.05, 3.63) is 35.9 Å². The monoisotopic (exact) mass is 269 g/mol. The Hall–Kier alpha value is -0.910. The van der Waals surface area contributed by atoms with Crippen molar-refractivity contribution in [2.75, 3.05) is 19.4 Å². The number of ether oxygens (including phenoxy) is 1. The second-order valence-corrected chi connectivity index (χ2v) is 6.76. The van der Waals surface area contributed by atoms with Gasteiger partial charge in [-0.3, -0.25) is 0 Å². The number of morpholine rings is 1. The average molecular weight is 269 g/mol. The molecule has 1 aromatic carbocycles. The van der Waals surface area contributed by atoms with Gasteiger partial charge in [-0.25, -0.2) is 8.42 Å². The van der Waals surface area contributed by atoms with Crippen LogP contribution in [-0.2, 0) is 21.2 Å². The summed E-state index contributed by atoms with van der Waals surface area (Å²) in [4.78, 5) is 0. The van der Waals surface area contributed by atoms with Crippen molar-refractivity contribution in [2.45, 2.75) is 25.5 Å². The Kier molecular flexibility index (Phi) is 4.04. The molecule has 18 heavy (non-hydrogen) atoms. The Morgan fingerprint density at radius 1 is 1.33 bits per heavy atom. The summed E-state index contributed by atoms with van der Waals surface area (Å²) in [6.45, 7) is 2.78. The molecule has 1 saturated heterocycles. The molecule has 5 heteroatoms. The summed E-state index contributed by atoms with van der Waals surface area (Å²) in [5.41, 5.74) is 1.17. The summed E-state index contributed by atoms with van der Waals surface area (Å²) in [7, 11) is -3.15. The van der Waals surface area contributed by atoms with Crippen molar-refractivity contribution in [1.82, 2.24) is 4.31 Å². The second kappa shape index (κ2) is 5.38. The van der Waals surface area contributed by atoms with Crippen molar-refractivity contribution >= 4 is 10.0 Å². The summed E-state index contributed by atoms with van der Waals surface area (Å²) in [6.07, 6.45) is 1.95. The Bertz CT molecular complexity index is 486. The van der Waals surface area contributed by atoms with Crippen LogP contribution in [0.5, 0.6) is 0 Å². The highest BCUT2D eigenvalue weighted by Crippen LogP contribution is 2.18. The molecule has 100 valence electrons. The van der Waals surface area contributed by atoms with Crippen LogP contribution in [0, 0.1) is 0 Å². The number of rotatable bonds is 3. The lowest BCUT2D eigenvalue weighted by Crippen LogP contribution is -2.51. The van der Waals surface area contributed by atoms with Crippen LogP contribution in [0.25, 0.3) is 0 Å². The first-order valence-corrected chi connectivity index (χ1v) is 7.94. The van der Waals surface area contributed by atoms with E-state index in [9.17, 15) is 8.42 Å². The molecule has 2 unspecified atom stereocenters. The summed E-state index contributed by atoms with van der Waals surface area (Å²) >= 11 is 0. The summed E-state index contributed by atoms with van der Waals surface area (Å²) in [5, 5.41) is 0. The van der Waals surface area contributed by atoms with E-state index < -0.39 is 10.0 Å². The highest BCUT2D eigenvalue weighted by atomic mass is 32.2. The van der Waals surface area contributed by atoms with Crippen molar-refractivity contribution in [1.29, 1.82) is 0 Å². The van der Waals surface area contributed by atoms with Crippen molar-refractivity contribution in [3.63, 3.8) is 0 Å². The van der Waals surface area contributed by atoms with E-state index in [1.807, 2.05) is 37.3 Å². The van der Waals surface area contributed by atoms with Crippen LogP contribution in [0.2, 0.25) is 0 Å². The zero-order valence-electron chi connectivity index (χ0n) is 10.7. The van der Waals surface area contributed by atoms with Gasteiger partial charge in [-0.15, -0.1) is 0 Å². The first kappa shape index (κ1) is 13.5. The van der Waals surface area contributed by atoms with E-state index in [2.05, 4.69) is 0 Å². The summed E-state index contributed by atoms with van der Waals surface area (Å²) in [5.74, 6) is 0. The smallest absolute Gasteiger partial charge is 0.211 e. The third kappa shape index (κ3) is 3.31. The van der Waals surface area contributed by atoms with E-state index in [-0.39, 0.29) is 12.1 Å². The standard InChI is InChI=1S/C13H19NO3S/c1-11-10-17-13(9-14(11)18(2,15)16)8-12-6-4-3-5-7-12/h3-7,11,13H,8-10H2,1-2H3. The maximum atomic E-state index is 11.7. The fourth-order valence-corrected chi connectivity index (χ4v) is 3.41. The van der Waals surface area contributed by atoms with Gasteiger partial charge >= 0.3 is 0 Å². The van der Waals surface area contributed by atoms with E-state index in [1.165, 1.54) is 16.1 Å². The highest BCUT2D eigenvalue weighted by Gasteiger charge is 2.31. The predicted octanol–water partition coefficient (Wildman–Crippen LogP) is 1.28. The zero-order chi connectivity index (χ0) is 13.2. The van der Waals surface area contributed by atoms with E-state index in [4.69, 9.17) is 4.74 Å². The molecule has 2 atom stereocenters. The predicted molar refractivity (Wildman–Crippen MR) is 70.9 cm³/mol. The van der Waals surface area contributed by atoms with E-state index >= 15 is 0 Å². The van der Waals surface area contributed by atoms with Crippen molar-refractivity contribution in [2.24, 2.45) is 0 Å². The maximum absolute atomic E-state index is 11.7. The molecule has 2 rings (SSSR count). The molecule has 0 aliphatic carbocycles. The molecule has 1 aliphatic heterocycles. The lowest BCUT2D eigenvalue weighted by molar-refractivity contribution is -0.0262. The largest absolute Gasteiger partial charge is 0.375 e.